The first kappa shape index (κ1) is 50.3. The molecule has 0 unspecified atom stereocenters. The number of aliphatic hydroxyl groups excluding tert-OH is 2. The third kappa shape index (κ3) is 11.2. The number of hydrogen-bond donors (Lipinski definition) is 10. The number of ether oxygens (including phenoxy) is 2. The zero-order valence-corrected chi connectivity index (χ0v) is 36.5. The fraction of sp³-hybridized carbons (Fsp3) is 0.111. The number of non-ortho nitro benzene ring substituents is 1. The van der Waals surface area contributed by atoms with Gasteiger partial charge in [-0.3, -0.25) is 34.5 Å². The Labute approximate surface area is 384 Å². The lowest BCUT2D eigenvalue weighted by atomic mass is 10.1. The summed E-state index contributed by atoms with van der Waals surface area (Å²) in [6, 6.07) is 11.3. The second-order valence-corrected chi connectivity index (χ2v) is 17.5. The van der Waals surface area contributed by atoms with Crippen LogP contribution >= 0.6 is 0 Å². The Morgan fingerprint density at radius 2 is 1.20 bits per heavy atom. The molecule has 0 atom stereocenters. The molecular weight excluding hydrogens is 989 g/mol. The molecule has 1 aromatic heterocycles. The summed E-state index contributed by atoms with van der Waals surface area (Å²) >= 11 is 0. The van der Waals surface area contributed by atoms with Crippen LogP contribution in [0.25, 0.3) is 16.5 Å². The number of anilines is 1. The van der Waals surface area contributed by atoms with Crippen molar-refractivity contribution in [1.82, 2.24) is 9.78 Å². The van der Waals surface area contributed by atoms with Crippen LogP contribution in [0, 0.1) is 10.1 Å². The van der Waals surface area contributed by atoms with Gasteiger partial charge in [-0.2, -0.15) is 35.0 Å². The predicted octanol–water partition coefficient (Wildman–Crippen LogP) is 5.57. The Kier molecular flexibility index (Phi) is 14.6. The van der Waals surface area contributed by atoms with Gasteiger partial charge in [0.1, 0.15) is 67.8 Å². The molecule has 0 aliphatic carbocycles. The van der Waals surface area contributed by atoms with Crippen molar-refractivity contribution < 1.29 is 88.8 Å². The highest BCUT2D eigenvalue weighted by atomic mass is 32.2. The van der Waals surface area contributed by atoms with Crippen LogP contribution in [0.2, 0.25) is 0 Å². The largest absolute Gasteiger partial charge is 0.505 e. The Balaban J connectivity index is 1.44. The fourth-order valence-corrected chi connectivity index (χ4v) is 7.86. The van der Waals surface area contributed by atoms with Crippen LogP contribution in [0.15, 0.2) is 118 Å². The van der Waals surface area contributed by atoms with Gasteiger partial charge in [-0.05, 0) is 53.9 Å². The molecule has 0 saturated carbocycles. The van der Waals surface area contributed by atoms with E-state index in [1.54, 1.807) is 5.48 Å². The van der Waals surface area contributed by atoms with E-state index in [4.69, 9.17) is 14.7 Å². The summed E-state index contributed by atoms with van der Waals surface area (Å²) in [7, 11) is -15.4. The van der Waals surface area contributed by atoms with Crippen molar-refractivity contribution in [2.24, 2.45) is 30.7 Å². The summed E-state index contributed by atoms with van der Waals surface area (Å²) in [5, 5.41) is 97.7. The fourth-order valence-electron chi connectivity index (χ4n) is 5.91. The summed E-state index contributed by atoms with van der Waals surface area (Å²) in [4.78, 5) is 19.5. The van der Waals surface area contributed by atoms with Gasteiger partial charge in [0, 0.05) is 29.7 Å². The number of aliphatic hydroxyl groups is 2. The molecule has 0 bridgehead atoms. The zero-order valence-electron chi connectivity index (χ0n) is 34.0. The lowest BCUT2D eigenvalue weighted by Crippen LogP contribution is -2.04. The maximum atomic E-state index is 12.8. The van der Waals surface area contributed by atoms with Crippen molar-refractivity contribution in [3.05, 3.63) is 88.6 Å². The lowest BCUT2D eigenvalue weighted by Gasteiger charge is -2.13. The predicted molar refractivity (Wildman–Crippen MR) is 230 cm³/mol. The minimum atomic E-state index is -5.32. The number of carboxylic acid groups (broad SMARTS) is 1. The number of carbonyl (C=O) groups is 1. The lowest BCUT2D eigenvalue weighted by molar-refractivity contribution is -0.385. The third-order valence-corrected chi connectivity index (χ3v) is 11.5. The van der Waals surface area contributed by atoms with Gasteiger partial charge >= 0.3 is 5.97 Å². The Bertz CT molecular complexity index is 3490. The molecule has 0 saturated heterocycles. The molecule has 10 N–H and O–H groups in total. The van der Waals surface area contributed by atoms with Crippen molar-refractivity contribution in [3.63, 3.8) is 0 Å². The molecule has 0 aliphatic heterocycles. The average molecular weight is 1020 g/mol. The SMILES string of the molecule is O=C(O)c1nn(-c2ccc3c(O)c(N=Nc4cc(OCCO)c(N=Nc5ccc([N+](=O)[O-])cc5S(=O)(=O)O)cc4OCCO)c(S(=O)(=O)O)cc3c2)c(O)c1N=Nc1ccc(NO)cc1S(=O)(=O)O. The topological polar surface area (TPSA) is 467 Å². The van der Waals surface area contributed by atoms with Gasteiger partial charge in [-0.25, -0.2) is 4.79 Å². The highest BCUT2D eigenvalue weighted by molar-refractivity contribution is 7.86. The van der Waals surface area contributed by atoms with Gasteiger partial charge in [0.25, 0.3) is 36.0 Å². The third-order valence-electron chi connectivity index (χ3n) is 8.91. The molecule has 1 heterocycles. The molecule has 0 aliphatic rings. The van der Waals surface area contributed by atoms with Crippen molar-refractivity contribution in [1.29, 1.82) is 0 Å². The molecule has 6 aromatic rings. The monoisotopic (exact) mass is 1020 g/mol. The van der Waals surface area contributed by atoms with E-state index in [1.807, 2.05) is 0 Å². The van der Waals surface area contributed by atoms with Crippen LogP contribution in [0.3, 0.4) is 0 Å². The number of phenols is 1. The minimum Gasteiger partial charge on any atom is -0.505 e. The molecule has 0 fully saturated rings. The van der Waals surface area contributed by atoms with Gasteiger partial charge < -0.3 is 35.0 Å². The summed E-state index contributed by atoms with van der Waals surface area (Å²) in [5.41, 5.74) is -3.96. The summed E-state index contributed by atoms with van der Waals surface area (Å²) in [6.07, 6.45) is 0. The molecule has 0 radical (unpaired) electrons. The number of azo groups is 3. The number of nitro groups is 1. The minimum absolute atomic E-state index is 0.196. The maximum Gasteiger partial charge on any atom is 0.358 e. The van der Waals surface area contributed by atoms with E-state index >= 15 is 0 Å². The van der Waals surface area contributed by atoms with Gasteiger partial charge in [-0.15, -0.1) is 30.7 Å². The zero-order chi connectivity index (χ0) is 50.6. The van der Waals surface area contributed by atoms with Crippen molar-refractivity contribution in [2.75, 3.05) is 31.9 Å². The number of aromatic hydroxyl groups is 2. The number of nitrogens with zero attached hydrogens (tertiary/aromatic N) is 9. The number of hydrogen-bond acceptors (Lipinski definition) is 24. The van der Waals surface area contributed by atoms with Crippen LogP contribution in [0.4, 0.5) is 45.5 Å². The smallest absolute Gasteiger partial charge is 0.358 e. The second-order valence-electron chi connectivity index (χ2n) is 13.4. The first-order chi connectivity index (χ1) is 32.5. The molecule has 33 heteroatoms. The molecule has 0 amide bonds. The second kappa shape index (κ2) is 20.0. The Hall–Kier alpha value is -8.15. The normalized spacial score (nSPS) is 12.4. The number of nitro benzene ring substituents is 1. The van der Waals surface area contributed by atoms with Gasteiger partial charge in [0.15, 0.2) is 11.4 Å². The van der Waals surface area contributed by atoms with Gasteiger partial charge in [0.05, 0.1) is 29.5 Å². The highest BCUT2D eigenvalue weighted by Crippen LogP contribution is 2.46. The van der Waals surface area contributed by atoms with E-state index in [2.05, 4.69) is 35.8 Å². The summed E-state index contributed by atoms with van der Waals surface area (Å²) in [5.74, 6) is -4.35. The van der Waals surface area contributed by atoms with Crippen LogP contribution in [0.5, 0.6) is 23.1 Å². The Morgan fingerprint density at radius 3 is 1.74 bits per heavy atom. The number of aromatic nitrogens is 2. The van der Waals surface area contributed by atoms with Crippen LogP contribution in [0.1, 0.15) is 10.5 Å². The standard InChI is InChI=1S/C36H30N10O20S3/c47-7-9-65-26-16-25(27(66-10-8-48)15-24(26)39-37-23-6-3-20(46(54)55)14-29(23)68(59,60)61)40-41-31-30(69(62,63)64)12-17-11-19(2-4-21(17)34(31)49)45-35(50)32(33(43-45)36(51)52)42-38-22-5-1-18(44-53)13-28(22)67(56,57)58/h1-6,11-16,44,47-50,53H,7-10H2,(H,51,52)(H,56,57,58)(H,59,60,61)(H,62,63,64). The number of nitrogens with one attached hydrogen (secondary N) is 1. The van der Waals surface area contributed by atoms with Crippen LogP contribution < -0.4 is 15.0 Å². The number of rotatable bonds is 19. The summed E-state index contributed by atoms with van der Waals surface area (Å²) < 4.78 is 115. The van der Waals surface area contributed by atoms with Crippen LogP contribution in [-0.2, 0) is 30.4 Å². The molecule has 362 valence electrons. The molecule has 30 nitrogen and oxygen atoms in total. The quantitative estimate of drug-likeness (QED) is 0.0205. The van der Waals surface area contributed by atoms with E-state index in [0.717, 1.165) is 66.7 Å². The number of phenolic OH excluding ortho intramolecular Hbond substituents is 1. The average Bonchev–Trinajstić information content (AvgIpc) is 3.63. The van der Waals surface area contributed by atoms with Crippen molar-refractivity contribution in [2.45, 2.75) is 14.7 Å². The molecule has 6 rings (SSSR count). The van der Waals surface area contributed by atoms with E-state index in [-0.39, 0.29) is 45.0 Å². The molecule has 0 spiro atoms. The highest BCUT2D eigenvalue weighted by Gasteiger charge is 2.27. The van der Waals surface area contributed by atoms with Crippen molar-refractivity contribution in [3.8, 4) is 28.8 Å². The van der Waals surface area contributed by atoms with E-state index in [9.17, 15) is 79.4 Å². The van der Waals surface area contributed by atoms with Crippen molar-refractivity contribution >= 4 is 92.6 Å². The first-order valence-electron chi connectivity index (χ1n) is 18.5. The first-order valence-corrected chi connectivity index (χ1v) is 22.8. The van der Waals surface area contributed by atoms with E-state index in [1.165, 1.54) is 0 Å². The maximum absolute atomic E-state index is 12.8. The van der Waals surface area contributed by atoms with E-state index < -0.39 is 128 Å². The number of benzene rings is 5. The summed E-state index contributed by atoms with van der Waals surface area (Å²) in [6.45, 7) is -2.02. The molecule has 5 aromatic carbocycles. The van der Waals surface area contributed by atoms with Crippen LogP contribution in [-0.4, -0.2) is 117 Å². The molecular formula is C36H30N10O20S3. The number of aromatic carboxylic acids is 1. The van der Waals surface area contributed by atoms with Gasteiger partial charge in [0.2, 0.25) is 11.6 Å². The van der Waals surface area contributed by atoms with Gasteiger partial charge in [-0.1, -0.05) is 0 Å². The molecule has 69 heavy (non-hydrogen) atoms. The Morgan fingerprint density at radius 1 is 0.681 bits per heavy atom. The number of fused-ring (bicyclic) bond motifs is 1. The van der Waals surface area contributed by atoms with E-state index in [0.29, 0.717) is 10.7 Å². The number of carboxylic acids is 1.